The number of rotatable bonds is 7. The number of aliphatic hydroxyl groups is 1. The van der Waals surface area contributed by atoms with E-state index in [2.05, 4.69) is 0 Å². The topological polar surface area (TPSA) is 38.7 Å². The Bertz CT molecular complexity index is 299. The SMILES string of the molecule is COCCCOCC(O)c1ccccc1C. The molecule has 1 unspecified atom stereocenters. The molecule has 0 aliphatic carbocycles. The van der Waals surface area contributed by atoms with Crippen LogP contribution in [-0.4, -0.2) is 32.0 Å². The standard InChI is InChI=1S/C13H20O3/c1-11-6-3-4-7-12(11)13(14)10-16-9-5-8-15-2/h3-4,6-7,13-14H,5,8-10H2,1-2H3. The predicted molar refractivity (Wildman–Crippen MR) is 63.5 cm³/mol. The van der Waals surface area contributed by atoms with Gasteiger partial charge in [0.05, 0.1) is 6.61 Å². The van der Waals surface area contributed by atoms with Crippen molar-refractivity contribution in [2.75, 3.05) is 26.9 Å². The lowest BCUT2D eigenvalue weighted by molar-refractivity contribution is 0.0276. The molecule has 3 nitrogen and oxygen atoms in total. The molecule has 0 saturated heterocycles. The van der Waals surface area contributed by atoms with Crippen molar-refractivity contribution in [1.29, 1.82) is 0 Å². The maximum atomic E-state index is 9.90. The van der Waals surface area contributed by atoms with Crippen LogP contribution in [-0.2, 0) is 9.47 Å². The molecule has 3 heteroatoms. The molecule has 0 aliphatic heterocycles. The number of aryl methyl sites for hydroxylation is 1. The highest BCUT2D eigenvalue weighted by Gasteiger charge is 2.09. The molecule has 1 atom stereocenters. The largest absolute Gasteiger partial charge is 0.386 e. The first kappa shape index (κ1) is 13.2. The molecule has 0 spiro atoms. The van der Waals surface area contributed by atoms with Gasteiger partial charge < -0.3 is 14.6 Å². The van der Waals surface area contributed by atoms with Crippen LogP contribution < -0.4 is 0 Å². The summed E-state index contributed by atoms with van der Waals surface area (Å²) in [7, 11) is 1.67. The van der Waals surface area contributed by atoms with E-state index in [1.54, 1.807) is 7.11 Å². The summed E-state index contributed by atoms with van der Waals surface area (Å²) in [6.45, 7) is 3.65. The van der Waals surface area contributed by atoms with Crippen molar-refractivity contribution in [3.63, 3.8) is 0 Å². The smallest absolute Gasteiger partial charge is 0.103 e. The monoisotopic (exact) mass is 224 g/mol. The van der Waals surface area contributed by atoms with Gasteiger partial charge in [-0.1, -0.05) is 24.3 Å². The molecular formula is C13H20O3. The fourth-order valence-electron chi connectivity index (χ4n) is 1.55. The van der Waals surface area contributed by atoms with Crippen molar-refractivity contribution in [3.05, 3.63) is 35.4 Å². The van der Waals surface area contributed by atoms with Crippen LogP contribution in [0.25, 0.3) is 0 Å². The molecule has 0 fully saturated rings. The molecule has 1 rings (SSSR count). The summed E-state index contributed by atoms with van der Waals surface area (Å²) in [4.78, 5) is 0. The van der Waals surface area contributed by atoms with Gasteiger partial charge in [0, 0.05) is 20.3 Å². The van der Waals surface area contributed by atoms with E-state index >= 15 is 0 Å². The van der Waals surface area contributed by atoms with Crippen LogP contribution in [0.5, 0.6) is 0 Å². The molecule has 0 aliphatic rings. The number of hydrogen-bond donors (Lipinski definition) is 1. The van der Waals surface area contributed by atoms with Gasteiger partial charge in [0.15, 0.2) is 0 Å². The Morgan fingerprint density at radius 1 is 1.25 bits per heavy atom. The zero-order valence-corrected chi connectivity index (χ0v) is 9.98. The molecule has 0 radical (unpaired) electrons. The van der Waals surface area contributed by atoms with Gasteiger partial charge in [0.25, 0.3) is 0 Å². The minimum absolute atomic E-state index is 0.342. The average Bonchev–Trinajstić information content (AvgIpc) is 2.29. The van der Waals surface area contributed by atoms with Crippen LogP contribution in [0, 0.1) is 6.92 Å². The molecule has 1 aromatic rings. The molecule has 0 saturated carbocycles. The van der Waals surface area contributed by atoms with Crippen LogP contribution in [0.15, 0.2) is 24.3 Å². The van der Waals surface area contributed by atoms with E-state index in [0.29, 0.717) is 19.8 Å². The van der Waals surface area contributed by atoms with Crippen molar-refractivity contribution in [1.82, 2.24) is 0 Å². The lowest BCUT2D eigenvalue weighted by Gasteiger charge is -2.13. The zero-order valence-electron chi connectivity index (χ0n) is 9.98. The number of methoxy groups -OCH3 is 1. The van der Waals surface area contributed by atoms with E-state index in [0.717, 1.165) is 17.5 Å². The van der Waals surface area contributed by atoms with E-state index in [1.165, 1.54) is 0 Å². The fourth-order valence-corrected chi connectivity index (χ4v) is 1.55. The Labute approximate surface area is 97.0 Å². The van der Waals surface area contributed by atoms with Gasteiger partial charge in [0.2, 0.25) is 0 Å². The second-order valence-electron chi connectivity index (χ2n) is 3.79. The quantitative estimate of drug-likeness (QED) is 0.721. The van der Waals surface area contributed by atoms with Crippen molar-refractivity contribution in [2.45, 2.75) is 19.4 Å². The lowest BCUT2D eigenvalue weighted by atomic mass is 10.0. The zero-order chi connectivity index (χ0) is 11.8. The van der Waals surface area contributed by atoms with E-state index in [1.807, 2.05) is 31.2 Å². The third-order valence-corrected chi connectivity index (χ3v) is 2.46. The first-order valence-electron chi connectivity index (χ1n) is 5.56. The maximum Gasteiger partial charge on any atom is 0.103 e. The fraction of sp³-hybridized carbons (Fsp3) is 0.538. The van der Waals surface area contributed by atoms with Crippen LogP contribution >= 0.6 is 0 Å². The van der Waals surface area contributed by atoms with Crippen molar-refractivity contribution >= 4 is 0 Å². The van der Waals surface area contributed by atoms with Crippen LogP contribution in [0.3, 0.4) is 0 Å². The Morgan fingerprint density at radius 2 is 2.00 bits per heavy atom. The Morgan fingerprint density at radius 3 is 2.69 bits per heavy atom. The normalized spacial score (nSPS) is 12.7. The van der Waals surface area contributed by atoms with Crippen LogP contribution in [0.4, 0.5) is 0 Å². The Balaban J connectivity index is 2.30. The maximum absolute atomic E-state index is 9.90. The number of benzene rings is 1. The summed E-state index contributed by atoms with van der Waals surface area (Å²) in [5, 5.41) is 9.90. The Hall–Kier alpha value is -0.900. The second-order valence-corrected chi connectivity index (χ2v) is 3.79. The summed E-state index contributed by atoms with van der Waals surface area (Å²) in [6.07, 6.45) is 0.320. The minimum atomic E-state index is -0.538. The van der Waals surface area contributed by atoms with Gasteiger partial charge >= 0.3 is 0 Å². The molecule has 1 aromatic carbocycles. The molecule has 0 amide bonds. The van der Waals surface area contributed by atoms with Crippen molar-refractivity contribution in [3.8, 4) is 0 Å². The lowest BCUT2D eigenvalue weighted by Crippen LogP contribution is -2.10. The van der Waals surface area contributed by atoms with E-state index in [-0.39, 0.29) is 0 Å². The van der Waals surface area contributed by atoms with Crippen LogP contribution in [0.2, 0.25) is 0 Å². The van der Waals surface area contributed by atoms with Crippen molar-refractivity contribution in [2.24, 2.45) is 0 Å². The number of aliphatic hydroxyl groups excluding tert-OH is 1. The summed E-state index contributed by atoms with van der Waals surface area (Å²) in [5.74, 6) is 0. The highest BCUT2D eigenvalue weighted by atomic mass is 16.5. The first-order valence-corrected chi connectivity index (χ1v) is 5.56. The molecule has 90 valence electrons. The van der Waals surface area contributed by atoms with Gasteiger partial charge in [-0.2, -0.15) is 0 Å². The average molecular weight is 224 g/mol. The van der Waals surface area contributed by atoms with Gasteiger partial charge in [-0.15, -0.1) is 0 Å². The van der Waals surface area contributed by atoms with Crippen LogP contribution in [0.1, 0.15) is 23.7 Å². The first-order chi connectivity index (χ1) is 7.75. The van der Waals surface area contributed by atoms with Gasteiger partial charge in [-0.25, -0.2) is 0 Å². The van der Waals surface area contributed by atoms with E-state index in [9.17, 15) is 5.11 Å². The third-order valence-electron chi connectivity index (χ3n) is 2.46. The van der Waals surface area contributed by atoms with Gasteiger partial charge in [0.1, 0.15) is 6.10 Å². The summed E-state index contributed by atoms with van der Waals surface area (Å²) < 4.78 is 10.3. The molecule has 0 bridgehead atoms. The molecule has 0 heterocycles. The molecular weight excluding hydrogens is 204 g/mol. The predicted octanol–water partition coefficient (Wildman–Crippen LogP) is 2.08. The highest BCUT2D eigenvalue weighted by molar-refractivity contribution is 5.27. The molecule has 0 aromatic heterocycles. The van der Waals surface area contributed by atoms with Crippen molar-refractivity contribution < 1.29 is 14.6 Å². The van der Waals surface area contributed by atoms with Gasteiger partial charge in [-0.3, -0.25) is 0 Å². The van der Waals surface area contributed by atoms with E-state index < -0.39 is 6.10 Å². The summed E-state index contributed by atoms with van der Waals surface area (Å²) in [5.41, 5.74) is 2.03. The Kier molecular flexibility index (Phi) is 6.08. The summed E-state index contributed by atoms with van der Waals surface area (Å²) >= 11 is 0. The summed E-state index contributed by atoms with van der Waals surface area (Å²) in [6, 6.07) is 7.81. The van der Waals surface area contributed by atoms with E-state index in [4.69, 9.17) is 9.47 Å². The third kappa shape index (κ3) is 4.31. The second kappa shape index (κ2) is 7.39. The van der Waals surface area contributed by atoms with Gasteiger partial charge in [-0.05, 0) is 24.5 Å². The highest BCUT2D eigenvalue weighted by Crippen LogP contribution is 2.17. The number of hydrogen-bond acceptors (Lipinski definition) is 3. The molecule has 1 N–H and O–H groups in total. The number of ether oxygens (including phenoxy) is 2. The minimum Gasteiger partial charge on any atom is -0.386 e. The molecule has 16 heavy (non-hydrogen) atoms.